The Kier molecular flexibility index (Phi) is 1.92. The highest BCUT2D eigenvalue weighted by Gasteiger charge is 2.10. The monoisotopic (exact) mass is 195 g/mol. The van der Waals surface area contributed by atoms with Crippen LogP contribution >= 0.6 is 0 Å². The van der Waals surface area contributed by atoms with E-state index >= 15 is 0 Å². The molecule has 0 aliphatic heterocycles. The number of halogens is 2. The summed E-state index contributed by atoms with van der Waals surface area (Å²) in [4.78, 5) is 0. The van der Waals surface area contributed by atoms with Gasteiger partial charge in [0.25, 0.3) is 0 Å². The summed E-state index contributed by atoms with van der Waals surface area (Å²) in [5.74, 6) is -1.29. The number of rotatable bonds is 1. The topological polar surface area (TPSA) is 54.7 Å². The number of aromatic nitrogens is 2. The van der Waals surface area contributed by atoms with Crippen molar-refractivity contribution in [2.75, 3.05) is 5.73 Å². The van der Waals surface area contributed by atoms with Gasteiger partial charge in [-0.2, -0.15) is 5.10 Å². The first-order chi connectivity index (χ1) is 6.68. The molecule has 0 atom stereocenters. The zero-order chi connectivity index (χ0) is 10.1. The fourth-order valence-electron chi connectivity index (χ4n) is 1.20. The Hall–Kier alpha value is -1.91. The van der Waals surface area contributed by atoms with Gasteiger partial charge in [0.2, 0.25) is 0 Å². The van der Waals surface area contributed by atoms with Crippen molar-refractivity contribution in [1.29, 1.82) is 0 Å². The Balaban J connectivity index is 2.58. The molecule has 0 bridgehead atoms. The van der Waals surface area contributed by atoms with Gasteiger partial charge in [0, 0.05) is 11.6 Å². The lowest BCUT2D eigenvalue weighted by Crippen LogP contribution is -1.90. The van der Waals surface area contributed by atoms with Gasteiger partial charge in [0.15, 0.2) is 0 Å². The molecule has 1 aromatic heterocycles. The van der Waals surface area contributed by atoms with Crippen LogP contribution in [0.5, 0.6) is 0 Å². The molecule has 2 aromatic rings. The van der Waals surface area contributed by atoms with Crippen LogP contribution in [-0.2, 0) is 0 Å². The minimum atomic E-state index is -0.666. The van der Waals surface area contributed by atoms with Gasteiger partial charge >= 0.3 is 0 Å². The number of hydrogen-bond acceptors (Lipinski definition) is 2. The molecule has 0 fully saturated rings. The maximum atomic E-state index is 13.3. The standard InChI is InChI=1S/C9H7F2N3/c10-5-1-2-6(7(11)3-5)9-8(12)4-13-14-9/h1-4H,12H2,(H,13,14). The molecule has 0 aliphatic carbocycles. The van der Waals surface area contributed by atoms with Crippen molar-refractivity contribution >= 4 is 5.69 Å². The van der Waals surface area contributed by atoms with Crippen LogP contribution in [-0.4, -0.2) is 10.2 Å². The maximum Gasteiger partial charge on any atom is 0.135 e. The molecule has 0 amide bonds. The molecule has 3 nitrogen and oxygen atoms in total. The van der Waals surface area contributed by atoms with Gasteiger partial charge < -0.3 is 5.73 Å². The van der Waals surface area contributed by atoms with Crippen molar-refractivity contribution in [3.8, 4) is 11.3 Å². The zero-order valence-corrected chi connectivity index (χ0v) is 7.09. The van der Waals surface area contributed by atoms with E-state index in [9.17, 15) is 8.78 Å². The van der Waals surface area contributed by atoms with Gasteiger partial charge in [-0.1, -0.05) is 0 Å². The molecule has 1 heterocycles. The molecule has 0 radical (unpaired) electrons. The number of nitrogen functional groups attached to an aromatic ring is 1. The molecule has 0 spiro atoms. The number of nitrogens with one attached hydrogen (secondary N) is 1. The summed E-state index contributed by atoms with van der Waals surface area (Å²) in [5, 5.41) is 6.20. The second kappa shape index (κ2) is 3.10. The first-order valence-electron chi connectivity index (χ1n) is 3.93. The van der Waals surface area contributed by atoms with Gasteiger partial charge in [-0.3, -0.25) is 5.10 Å². The normalized spacial score (nSPS) is 10.4. The largest absolute Gasteiger partial charge is 0.396 e. The minimum Gasteiger partial charge on any atom is -0.396 e. The maximum absolute atomic E-state index is 13.3. The van der Waals surface area contributed by atoms with E-state index in [0.717, 1.165) is 6.07 Å². The smallest absolute Gasteiger partial charge is 0.135 e. The molecular formula is C9H7F2N3. The van der Waals surface area contributed by atoms with E-state index in [4.69, 9.17) is 5.73 Å². The second-order valence-corrected chi connectivity index (χ2v) is 2.82. The molecule has 14 heavy (non-hydrogen) atoms. The first kappa shape index (κ1) is 8.68. The Labute approximate surface area is 78.6 Å². The highest BCUT2D eigenvalue weighted by Crippen LogP contribution is 2.25. The van der Waals surface area contributed by atoms with Crippen LogP contribution in [0.4, 0.5) is 14.5 Å². The molecule has 1 aromatic carbocycles. The average molecular weight is 195 g/mol. The van der Waals surface area contributed by atoms with Gasteiger partial charge in [-0.25, -0.2) is 8.78 Å². The van der Waals surface area contributed by atoms with Crippen molar-refractivity contribution in [2.45, 2.75) is 0 Å². The van der Waals surface area contributed by atoms with Crippen molar-refractivity contribution in [2.24, 2.45) is 0 Å². The Morgan fingerprint density at radius 2 is 2.07 bits per heavy atom. The fraction of sp³-hybridized carbons (Fsp3) is 0. The summed E-state index contributed by atoms with van der Waals surface area (Å²) in [6, 6.07) is 3.28. The van der Waals surface area contributed by atoms with E-state index in [1.165, 1.54) is 18.3 Å². The number of aromatic amines is 1. The van der Waals surface area contributed by atoms with E-state index in [1.54, 1.807) is 0 Å². The van der Waals surface area contributed by atoms with Gasteiger partial charge in [0.1, 0.15) is 11.6 Å². The minimum absolute atomic E-state index is 0.210. The fourth-order valence-corrected chi connectivity index (χ4v) is 1.20. The number of nitrogens with two attached hydrogens (primary N) is 1. The van der Waals surface area contributed by atoms with Crippen molar-refractivity contribution in [1.82, 2.24) is 10.2 Å². The van der Waals surface area contributed by atoms with E-state index in [0.29, 0.717) is 11.4 Å². The Morgan fingerprint density at radius 3 is 2.64 bits per heavy atom. The lowest BCUT2D eigenvalue weighted by Gasteiger charge is -2.00. The first-order valence-corrected chi connectivity index (χ1v) is 3.93. The summed E-state index contributed by atoms with van der Waals surface area (Å²) in [7, 11) is 0. The van der Waals surface area contributed by atoms with Crippen LogP contribution in [0.3, 0.4) is 0 Å². The molecular weight excluding hydrogens is 188 g/mol. The third kappa shape index (κ3) is 1.32. The molecule has 0 saturated carbocycles. The molecule has 0 saturated heterocycles. The highest BCUT2D eigenvalue weighted by molar-refractivity contribution is 5.72. The summed E-state index contributed by atoms with van der Waals surface area (Å²) < 4.78 is 25.8. The number of anilines is 1. The van der Waals surface area contributed by atoms with Gasteiger partial charge in [-0.15, -0.1) is 0 Å². The van der Waals surface area contributed by atoms with Crippen LogP contribution in [0, 0.1) is 11.6 Å². The van der Waals surface area contributed by atoms with Crippen LogP contribution in [0.25, 0.3) is 11.3 Å². The summed E-state index contributed by atoms with van der Waals surface area (Å²) in [6.45, 7) is 0. The second-order valence-electron chi connectivity index (χ2n) is 2.82. The van der Waals surface area contributed by atoms with Crippen LogP contribution in [0.1, 0.15) is 0 Å². The molecule has 3 N–H and O–H groups in total. The lowest BCUT2D eigenvalue weighted by molar-refractivity contribution is 0.585. The Morgan fingerprint density at radius 1 is 1.29 bits per heavy atom. The van der Waals surface area contributed by atoms with Crippen molar-refractivity contribution in [3.63, 3.8) is 0 Å². The quantitative estimate of drug-likeness (QED) is 0.730. The number of H-pyrrole nitrogens is 1. The van der Waals surface area contributed by atoms with Crippen molar-refractivity contribution in [3.05, 3.63) is 36.0 Å². The molecule has 5 heteroatoms. The third-order valence-corrected chi connectivity index (χ3v) is 1.87. The van der Waals surface area contributed by atoms with E-state index in [2.05, 4.69) is 10.2 Å². The Bertz CT molecular complexity index is 465. The summed E-state index contributed by atoms with van der Waals surface area (Å²) in [6.07, 6.45) is 1.37. The van der Waals surface area contributed by atoms with Crippen LogP contribution < -0.4 is 5.73 Å². The van der Waals surface area contributed by atoms with E-state index in [1.807, 2.05) is 0 Å². The predicted octanol–water partition coefficient (Wildman–Crippen LogP) is 1.94. The SMILES string of the molecule is Nc1cn[nH]c1-c1ccc(F)cc1F. The lowest BCUT2D eigenvalue weighted by atomic mass is 10.1. The molecule has 2 rings (SSSR count). The van der Waals surface area contributed by atoms with Crippen molar-refractivity contribution < 1.29 is 8.78 Å². The molecule has 0 aliphatic rings. The average Bonchev–Trinajstić information content (AvgIpc) is 2.52. The summed E-state index contributed by atoms with van der Waals surface area (Å²) >= 11 is 0. The number of nitrogens with zero attached hydrogens (tertiary/aromatic N) is 1. The number of benzene rings is 1. The molecule has 0 unspecified atom stereocenters. The van der Waals surface area contributed by atoms with Gasteiger partial charge in [-0.05, 0) is 12.1 Å². The third-order valence-electron chi connectivity index (χ3n) is 1.87. The number of hydrogen-bond donors (Lipinski definition) is 2. The predicted molar refractivity (Wildman–Crippen MR) is 48.4 cm³/mol. The van der Waals surface area contributed by atoms with E-state index in [-0.39, 0.29) is 5.56 Å². The van der Waals surface area contributed by atoms with Crippen LogP contribution in [0.2, 0.25) is 0 Å². The molecule has 72 valence electrons. The highest BCUT2D eigenvalue weighted by atomic mass is 19.1. The van der Waals surface area contributed by atoms with Crippen LogP contribution in [0.15, 0.2) is 24.4 Å². The van der Waals surface area contributed by atoms with Gasteiger partial charge in [0.05, 0.1) is 17.6 Å². The zero-order valence-electron chi connectivity index (χ0n) is 7.09. The van der Waals surface area contributed by atoms with E-state index < -0.39 is 11.6 Å². The summed E-state index contributed by atoms with van der Waals surface area (Å²) in [5.41, 5.74) is 6.43.